The zero-order chi connectivity index (χ0) is 9.97. The zero-order valence-corrected chi connectivity index (χ0v) is 8.16. The fourth-order valence-corrected chi connectivity index (χ4v) is 1.66. The zero-order valence-electron chi connectivity index (χ0n) is 8.16. The lowest BCUT2D eigenvalue weighted by atomic mass is 10.2. The summed E-state index contributed by atoms with van der Waals surface area (Å²) in [4.78, 5) is 11.3. The molecular weight excluding hydrogens is 180 g/mol. The van der Waals surface area contributed by atoms with Gasteiger partial charge in [0.2, 0.25) is 0 Å². The molecule has 0 aromatic carbocycles. The van der Waals surface area contributed by atoms with Gasteiger partial charge in [-0.3, -0.25) is 9.48 Å². The normalized spacial score (nSPS) is 21.1. The molecule has 76 valence electrons. The summed E-state index contributed by atoms with van der Waals surface area (Å²) in [5.41, 5.74) is 0.624. The minimum absolute atomic E-state index is 0.0813. The lowest BCUT2D eigenvalue weighted by Gasteiger charge is -2.07. The van der Waals surface area contributed by atoms with Gasteiger partial charge in [0.05, 0.1) is 17.8 Å². The molecule has 1 amide bonds. The molecule has 1 aliphatic heterocycles. The summed E-state index contributed by atoms with van der Waals surface area (Å²) in [5.74, 6) is -0.0813. The molecule has 1 aliphatic rings. The number of nitrogens with zero attached hydrogens (tertiary/aromatic N) is 2. The molecule has 14 heavy (non-hydrogen) atoms. The molecule has 5 heteroatoms. The van der Waals surface area contributed by atoms with Gasteiger partial charge in [-0.25, -0.2) is 0 Å². The van der Waals surface area contributed by atoms with Crippen LogP contribution in [-0.2, 0) is 0 Å². The lowest BCUT2D eigenvalue weighted by molar-refractivity contribution is 0.0963. The maximum atomic E-state index is 11.3. The van der Waals surface area contributed by atoms with Crippen LogP contribution in [0.2, 0.25) is 0 Å². The summed E-state index contributed by atoms with van der Waals surface area (Å²) in [7, 11) is 1.62. The maximum absolute atomic E-state index is 11.3. The number of carbonyl (C=O) groups excluding carboxylic acids is 1. The Morgan fingerprint density at radius 2 is 2.64 bits per heavy atom. The van der Waals surface area contributed by atoms with E-state index in [4.69, 9.17) is 0 Å². The predicted molar refractivity (Wildman–Crippen MR) is 52.1 cm³/mol. The van der Waals surface area contributed by atoms with E-state index >= 15 is 0 Å². The van der Waals surface area contributed by atoms with Crippen molar-refractivity contribution in [1.29, 1.82) is 0 Å². The number of nitrogens with one attached hydrogen (secondary N) is 2. The summed E-state index contributed by atoms with van der Waals surface area (Å²) >= 11 is 0. The Morgan fingerprint density at radius 3 is 3.29 bits per heavy atom. The van der Waals surface area contributed by atoms with Gasteiger partial charge in [0.1, 0.15) is 0 Å². The van der Waals surface area contributed by atoms with Crippen LogP contribution in [0.1, 0.15) is 22.8 Å². The van der Waals surface area contributed by atoms with E-state index in [0.29, 0.717) is 11.6 Å². The van der Waals surface area contributed by atoms with Crippen molar-refractivity contribution in [2.75, 3.05) is 20.1 Å². The summed E-state index contributed by atoms with van der Waals surface area (Å²) in [6.45, 7) is 1.97. The van der Waals surface area contributed by atoms with E-state index in [0.717, 1.165) is 19.5 Å². The number of hydrogen-bond donors (Lipinski definition) is 2. The van der Waals surface area contributed by atoms with Crippen molar-refractivity contribution >= 4 is 5.91 Å². The average Bonchev–Trinajstić information content (AvgIpc) is 2.86. The van der Waals surface area contributed by atoms with Crippen LogP contribution in [0.15, 0.2) is 12.4 Å². The standard InChI is InChI=1S/C9H14N4O/c1-10-9(14)7-4-12-13(6-7)8-2-3-11-5-8/h4,6,8,11H,2-3,5H2,1H3,(H,10,14)/t8-/m1/s1. The molecule has 2 rings (SSSR count). The molecule has 0 radical (unpaired) electrons. The Morgan fingerprint density at radius 1 is 1.79 bits per heavy atom. The molecule has 1 aromatic rings. The van der Waals surface area contributed by atoms with Crippen molar-refractivity contribution in [2.24, 2.45) is 0 Å². The van der Waals surface area contributed by atoms with Gasteiger partial charge in [0.25, 0.3) is 5.91 Å². The first kappa shape index (κ1) is 9.21. The highest BCUT2D eigenvalue weighted by atomic mass is 16.1. The van der Waals surface area contributed by atoms with Gasteiger partial charge in [-0.2, -0.15) is 5.10 Å². The molecule has 2 heterocycles. The highest BCUT2D eigenvalue weighted by molar-refractivity contribution is 5.93. The molecular formula is C9H14N4O. The van der Waals surface area contributed by atoms with Gasteiger partial charge in [-0.05, 0) is 13.0 Å². The van der Waals surface area contributed by atoms with Gasteiger partial charge < -0.3 is 10.6 Å². The van der Waals surface area contributed by atoms with Crippen LogP contribution in [0.3, 0.4) is 0 Å². The first-order valence-electron chi connectivity index (χ1n) is 4.78. The highest BCUT2D eigenvalue weighted by Gasteiger charge is 2.18. The van der Waals surface area contributed by atoms with Gasteiger partial charge in [0, 0.05) is 19.8 Å². The quantitative estimate of drug-likeness (QED) is 0.684. The van der Waals surface area contributed by atoms with Crippen LogP contribution in [0.4, 0.5) is 0 Å². The Labute approximate surface area is 82.5 Å². The Bertz CT molecular complexity index is 327. The summed E-state index contributed by atoms with van der Waals surface area (Å²) in [6, 6.07) is 0.397. The van der Waals surface area contributed by atoms with Crippen molar-refractivity contribution in [1.82, 2.24) is 20.4 Å². The summed E-state index contributed by atoms with van der Waals surface area (Å²) in [6.07, 6.45) is 4.49. The second-order valence-corrected chi connectivity index (χ2v) is 3.43. The van der Waals surface area contributed by atoms with E-state index in [2.05, 4.69) is 15.7 Å². The molecule has 1 atom stereocenters. The Kier molecular flexibility index (Phi) is 2.49. The van der Waals surface area contributed by atoms with Crippen LogP contribution in [0, 0.1) is 0 Å². The predicted octanol–water partition coefficient (Wildman–Crippen LogP) is -0.223. The van der Waals surface area contributed by atoms with E-state index in [1.54, 1.807) is 19.4 Å². The van der Waals surface area contributed by atoms with Crippen LogP contribution in [-0.4, -0.2) is 35.8 Å². The van der Waals surface area contributed by atoms with Crippen LogP contribution in [0.25, 0.3) is 0 Å². The summed E-state index contributed by atoms with van der Waals surface area (Å²) in [5, 5.41) is 10.0. The number of hydrogen-bond acceptors (Lipinski definition) is 3. The monoisotopic (exact) mass is 194 g/mol. The molecule has 1 aromatic heterocycles. The van der Waals surface area contributed by atoms with Gasteiger partial charge in [-0.1, -0.05) is 0 Å². The lowest BCUT2D eigenvalue weighted by Crippen LogP contribution is -2.17. The van der Waals surface area contributed by atoms with E-state index in [1.165, 1.54) is 0 Å². The van der Waals surface area contributed by atoms with Crippen molar-refractivity contribution in [3.63, 3.8) is 0 Å². The smallest absolute Gasteiger partial charge is 0.254 e. The second kappa shape index (κ2) is 3.79. The topological polar surface area (TPSA) is 59.0 Å². The van der Waals surface area contributed by atoms with Crippen LogP contribution < -0.4 is 10.6 Å². The molecule has 0 bridgehead atoms. The third kappa shape index (κ3) is 1.63. The van der Waals surface area contributed by atoms with Gasteiger partial charge in [-0.15, -0.1) is 0 Å². The van der Waals surface area contributed by atoms with Crippen molar-refractivity contribution in [3.05, 3.63) is 18.0 Å². The number of carbonyl (C=O) groups is 1. The average molecular weight is 194 g/mol. The SMILES string of the molecule is CNC(=O)c1cnn([C@@H]2CCNC2)c1. The first-order chi connectivity index (χ1) is 6.81. The molecule has 5 nitrogen and oxygen atoms in total. The van der Waals surface area contributed by atoms with E-state index in [-0.39, 0.29) is 5.91 Å². The molecule has 0 aliphatic carbocycles. The largest absolute Gasteiger partial charge is 0.355 e. The third-order valence-electron chi connectivity index (χ3n) is 2.50. The molecule has 0 saturated carbocycles. The minimum Gasteiger partial charge on any atom is -0.355 e. The minimum atomic E-state index is -0.0813. The number of aromatic nitrogens is 2. The molecule has 0 unspecified atom stereocenters. The molecule has 1 fully saturated rings. The molecule has 1 saturated heterocycles. The van der Waals surface area contributed by atoms with E-state index in [1.807, 2.05) is 4.68 Å². The van der Waals surface area contributed by atoms with Gasteiger partial charge in [0.15, 0.2) is 0 Å². The van der Waals surface area contributed by atoms with Crippen LogP contribution in [0.5, 0.6) is 0 Å². The summed E-state index contributed by atoms with van der Waals surface area (Å²) < 4.78 is 1.87. The van der Waals surface area contributed by atoms with E-state index in [9.17, 15) is 4.79 Å². The van der Waals surface area contributed by atoms with Crippen LogP contribution >= 0.6 is 0 Å². The molecule has 2 N–H and O–H groups in total. The molecule has 0 spiro atoms. The second-order valence-electron chi connectivity index (χ2n) is 3.43. The van der Waals surface area contributed by atoms with Crippen molar-refractivity contribution in [2.45, 2.75) is 12.5 Å². The highest BCUT2D eigenvalue weighted by Crippen LogP contribution is 2.14. The number of rotatable bonds is 2. The van der Waals surface area contributed by atoms with Crippen molar-refractivity contribution in [3.8, 4) is 0 Å². The van der Waals surface area contributed by atoms with E-state index < -0.39 is 0 Å². The van der Waals surface area contributed by atoms with Gasteiger partial charge >= 0.3 is 0 Å². The van der Waals surface area contributed by atoms with Crippen molar-refractivity contribution < 1.29 is 4.79 Å². The fraction of sp³-hybridized carbons (Fsp3) is 0.556. The maximum Gasteiger partial charge on any atom is 0.254 e. The Hall–Kier alpha value is -1.36. The Balaban J connectivity index is 2.12. The third-order valence-corrected chi connectivity index (χ3v) is 2.50. The number of amides is 1. The fourth-order valence-electron chi connectivity index (χ4n) is 1.66. The first-order valence-corrected chi connectivity index (χ1v) is 4.78.